The van der Waals surface area contributed by atoms with Crippen LogP contribution in [-0.4, -0.2) is 37.2 Å². The molecule has 2 atom stereocenters. The molecule has 2 heterocycles. The molecule has 0 radical (unpaired) electrons. The highest BCUT2D eigenvalue weighted by Crippen LogP contribution is 2.38. The van der Waals surface area contributed by atoms with Gasteiger partial charge in [-0.15, -0.1) is 0 Å². The van der Waals surface area contributed by atoms with Crippen LogP contribution in [-0.2, 0) is 15.6 Å². The van der Waals surface area contributed by atoms with Crippen LogP contribution in [0.3, 0.4) is 0 Å². The quantitative estimate of drug-likeness (QED) is 0.556. The van der Waals surface area contributed by atoms with Crippen molar-refractivity contribution in [3.8, 4) is 0 Å². The summed E-state index contributed by atoms with van der Waals surface area (Å²) >= 11 is 16.7. The number of thioether (sulfide) groups is 1. The minimum Gasteiger partial charge on any atom is -0.312 e. The van der Waals surface area contributed by atoms with E-state index in [4.69, 9.17) is 23.2 Å². The van der Waals surface area contributed by atoms with Gasteiger partial charge in [-0.1, -0.05) is 57.0 Å². The molecule has 1 fully saturated rings. The van der Waals surface area contributed by atoms with E-state index >= 15 is 0 Å². The molecule has 4 rings (SSSR count). The molecule has 148 valence electrons. The third-order valence-electron chi connectivity index (χ3n) is 4.63. The predicted molar refractivity (Wildman–Crippen MR) is 118 cm³/mol. The zero-order chi connectivity index (χ0) is 20.1. The van der Waals surface area contributed by atoms with Crippen molar-refractivity contribution >= 4 is 71.6 Å². The predicted octanol–water partition coefficient (Wildman–Crippen LogP) is 5.17. The fourth-order valence-corrected chi connectivity index (χ4v) is 6.93. The van der Waals surface area contributed by atoms with Crippen LogP contribution < -0.4 is 4.90 Å². The zero-order valence-electron chi connectivity index (χ0n) is 14.3. The highest BCUT2D eigenvalue weighted by Gasteiger charge is 2.47. The van der Waals surface area contributed by atoms with Crippen molar-refractivity contribution in [3.63, 3.8) is 0 Å². The maximum Gasteiger partial charge on any atom is 0.164 e. The molecule has 0 aliphatic carbocycles. The fourth-order valence-electron chi connectivity index (χ4n) is 3.37. The van der Waals surface area contributed by atoms with Gasteiger partial charge in [0.15, 0.2) is 15.0 Å². The van der Waals surface area contributed by atoms with Gasteiger partial charge in [-0.05, 0) is 35.9 Å². The maximum absolute atomic E-state index is 14.7. The molecule has 0 N–H and O–H groups in total. The molecule has 0 bridgehead atoms. The molecule has 2 aromatic carbocycles. The number of anilines is 1. The smallest absolute Gasteiger partial charge is 0.164 e. The Morgan fingerprint density at radius 1 is 1.18 bits per heavy atom. The second-order valence-electron chi connectivity index (χ2n) is 6.63. The summed E-state index contributed by atoms with van der Waals surface area (Å²) in [6.45, 7) is 0. The first-order chi connectivity index (χ1) is 13.2. The molecule has 2 aromatic rings. The van der Waals surface area contributed by atoms with Gasteiger partial charge >= 0.3 is 0 Å². The maximum atomic E-state index is 14.7. The lowest BCUT2D eigenvalue weighted by atomic mass is 10.1. The Morgan fingerprint density at radius 3 is 2.68 bits per heavy atom. The van der Waals surface area contributed by atoms with Crippen LogP contribution in [0.15, 0.2) is 45.9 Å². The van der Waals surface area contributed by atoms with Gasteiger partial charge in [-0.3, -0.25) is 4.99 Å². The molecule has 2 aliphatic rings. The summed E-state index contributed by atoms with van der Waals surface area (Å²) < 4.78 is 39.5. The van der Waals surface area contributed by atoms with Crippen molar-refractivity contribution in [2.24, 2.45) is 4.99 Å². The minimum absolute atomic E-state index is 0.0108. The van der Waals surface area contributed by atoms with Gasteiger partial charge in [-0.25, -0.2) is 12.8 Å². The number of halogens is 4. The minimum atomic E-state index is -3.19. The van der Waals surface area contributed by atoms with Gasteiger partial charge in [0.25, 0.3) is 0 Å². The molecule has 0 spiro atoms. The van der Waals surface area contributed by atoms with E-state index in [2.05, 4.69) is 20.9 Å². The summed E-state index contributed by atoms with van der Waals surface area (Å²) in [6, 6.07) is 9.34. The Bertz CT molecular complexity index is 1080. The highest BCUT2D eigenvalue weighted by molar-refractivity contribution is 9.10. The molecular formula is C18H14BrCl2FN2O2S2. The molecule has 1 saturated heterocycles. The standard InChI is InChI=1S/C18H14BrCl2FN2O2S2/c19-11-2-4-16(14(22)6-11)24-17-9-28(25,26)8-15(17)23-18(24)27-7-10-1-3-12(20)13(21)5-10/h1-6,15,17H,7-9H2/t15-,17+/m0/s1. The van der Waals surface area contributed by atoms with Gasteiger partial charge < -0.3 is 4.90 Å². The number of amidine groups is 1. The lowest BCUT2D eigenvalue weighted by Gasteiger charge is -2.27. The average molecular weight is 524 g/mol. The number of hydrogen-bond donors (Lipinski definition) is 0. The van der Waals surface area contributed by atoms with E-state index in [1.165, 1.54) is 17.8 Å². The summed E-state index contributed by atoms with van der Waals surface area (Å²) in [5.41, 5.74) is 1.27. The Morgan fingerprint density at radius 2 is 1.96 bits per heavy atom. The van der Waals surface area contributed by atoms with Crippen LogP contribution in [0, 0.1) is 5.82 Å². The van der Waals surface area contributed by atoms with Crippen LogP contribution in [0.2, 0.25) is 10.0 Å². The average Bonchev–Trinajstić information content (AvgIpc) is 3.08. The number of benzene rings is 2. The van der Waals surface area contributed by atoms with Crippen molar-refractivity contribution in [1.29, 1.82) is 0 Å². The van der Waals surface area contributed by atoms with Gasteiger partial charge in [0, 0.05) is 10.2 Å². The van der Waals surface area contributed by atoms with Gasteiger partial charge in [-0.2, -0.15) is 0 Å². The lowest BCUT2D eigenvalue weighted by Crippen LogP contribution is -2.39. The number of fused-ring (bicyclic) bond motifs is 1. The molecule has 4 nitrogen and oxygen atoms in total. The summed E-state index contributed by atoms with van der Waals surface area (Å²) in [5, 5.41) is 1.55. The Kier molecular flexibility index (Phi) is 5.70. The number of aliphatic imine (C=N–C) groups is 1. The Balaban J connectivity index is 1.64. The van der Waals surface area contributed by atoms with E-state index in [0.29, 0.717) is 31.1 Å². The monoisotopic (exact) mass is 522 g/mol. The van der Waals surface area contributed by atoms with Crippen LogP contribution in [0.25, 0.3) is 0 Å². The largest absolute Gasteiger partial charge is 0.312 e. The Hall–Kier alpha value is -0.800. The molecule has 28 heavy (non-hydrogen) atoms. The number of hydrogen-bond acceptors (Lipinski definition) is 5. The summed E-state index contributed by atoms with van der Waals surface area (Å²) in [7, 11) is -3.19. The van der Waals surface area contributed by atoms with Crippen LogP contribution >= 0.6 is 50.9 Å². The van der Waals surface area contributed by atoms with Crippen molar-refractivity contribution < 1.29 is 12.8 Å². The third-order valence-corrected chi connectivity index (χ3v) is 8.60. The first kappa shape index (κ1) is 20.5. The second-order valence-corrected chi connectivity index (χ2v) is 11.5. The van der Waals surface area contributed by atoms with E-state index in [1.54, 1.807) is 29.2 Å². The third kappa shape index (κ3) is 4.07. The number of sulfone groups is 1. The Labute approximate surface area is 185 Å². The number of nitrogens with zero attached hydrogens (tertiary/aromatic N) is 2. The molecule has 0 amide bonds. The zero-order valence-corrected chi connectivity index (χ0v) is 19.0. The summed E-state index contributed by atoms with van der Waals surface area (Å²) in [5.74, 6) is 0.0786. The normalized spacial score (nSPS) is 23.0. The molecular weight excluding hydrogens is 510 g/mol. The second kappa shape index (κ2) is 7.80. The molecule has 10 heteroatoms. The van der Waals surface area contributed by atoms with E-state index in [-0.39, 0.29) is 17.5 Å². The SMILES string of the molecule is O=S1(=O)C[C@@H]2N=C(SCc3ccc(Cl)c(Cl)c3)N(c3ccc(Br)cc3F)[C@@H]2C1. The van der Waals surface area contributed by atoms with Gasteiger partial charge in [0.05, 0.1) is 39.3 Å². The van der Waals surface area contributed by atoms with Crippen molar-refractivity contribution in [2.75, 3.05) is 16.4 Å². The fraction of sp³-hybridized carbons (Fsp3) is 0.278. The van der Waals surface area contributed by atoms with E-state index in [9.17, 15) is 12.8 Å². The molecule has 0 saturated carbocycles. The van der Waals surface area contributed by atoms with Crippen LogP contribution in [0.1, 0.15) is 5.56 Å². The molecule has 0 aromatic heterocycles. The summed E-state index contributed by atoms with van der Waals surface area (Å²) in [6.07, 6.45) is 0. The topological polar surface area (TPSA) is 49.7 Å². The summed E-state index contributed by atoms with van der Waals surface area (Å²) in [4.78, 5) is 6.33. The first-order valence-electron chi connectivity index (χ1n) is 8.33. The van der Waals surface area contributed by atoms with Crippen LogP contribution in [0.4, 0.5) is 10.1 Å². The highest BCUT2D eigenvalue weighted by atomic mass is 79.9. The van der Waals surface area contributed by atoms with Crippen LogP contribution in [0.5, 0.6) is 0 Å². The van der Waals surface area contributed by atoms with Gasteiger partial charge in [0.1, 0.15) is 5.82 Å². The number of rotatable bonds is 3. The van der Waals surface area contributed by atoms with E-state index in [1.807, 2.05) is 6.07 Å². The van der Waals surface area contributed by atoms with Crippen molar-refractivity contribution in [1.82, 2.24) is 0 Å². The van der Waals surface area contributed by atoms with Crippen molar-refractivity contribution in [3.05, 3.63) is 62.3 Å². The first-order valence-corrected chi connectivity index (χ1v) is 12.7. The van der Waals surface area contributed by atoms with Gasteiger partial charge in [0.2, 0.25) is 0 Å². The lowest BCUT2D eigenvalue weighted by molar-refractivity contribution is 0.600. The van der Waals surface area contributed by atoms with E-state index < -0.39 is 21.7 Å². The molecule has 0 unspecified atom stereocenters. The van der Waals surface area contributed by atoms with Crippen molar-refractivity contribution in [2.45, 2.75) is 17.8 Å². The van der Waals surface area contributed by atoms with E-state index in [0.717, 1.165) is 5.56 Å². The molecule has 2 aliphatic heterocycles.